The van der Waals surface area contributed by atoms with Gasteiger partial charge in [0.15, 0.2) is 11.5 Å². The third kappa shape index (κ3) is 3.75. The van der Waals surface area contributed by atoms with Crippen LogP contribution in [0.15, 0.2) is 48.5 Å². The Hall–Kier alpha value is -2.00. The average molecular weight is 271 g/mol. The zero-order valence-electron chi connectivity index (χ0n) is 11.8. The molecule has 0 saturated carbocycles. The molecule has 0 fully saturated rings. The number of nitrogens with two attached hydrogens (primary N) is 1. The summed E-state index contributed by atoms with van der Waals surface area (Å²) in [6.07, 6.45) is 1.97. The molecular weight excluding hydrogens is 250 g/mol. The highest BCUT2D eigenvalue weighted by Crippen LogP contribution is 2.30. The molecule has 0 saturated heterocycles. The van der Waals surface area contributed by atoms with Crippen molar-refractivity contribution in [2.24, 2.45) is 5.73 Å². The average Bonchev–Trinajstić information content (AvgIpc) is 2.52. The van der Waals surface area contributed by atoms with Crippen LogP contribution in [0.2, 0.25) is 0 Å². The molecule has 0 aliphatic rings. The second kappa shape index (κ2) is 7.56. The standard InChI is InChI=1S/C17H21NO2/c1-19-16-11-5-10-15(13-18)17(16)20-12-6-9-14-7-3-2-4-8-14/h2-5,7-8,10-11H,6,9,12-13,18H2,1H3. The van der Waals surface area contributed by atoms with Crippen LogP contribution in [0.5, 0.6) is 11.5 Å². The van der Waals surface area contributed by atoms with Crippen molar-refractivity contribution in [3.63, 3.8) is 0 Å². The molecule has 0 bridgehead atoms. The maximum atomic E-state index is 5.87. The third-order valence-electron chi connectivity index (χ3n) is 3.20. The first-order valence-corrected chi connectivity index (χ1v) is 6.88. The minimum absolute atomic E-state index is 0.450. The van der Waals surface area contributed by atoms with Crippen molar-refractivity contribution in [3.05, 3.63) is 59.7 Å². The molecule has 2 N–H and O–H groups in total. The van der Waals surface area contributed by atoms with E-state index in [1.165, 1.54) is 5.56 Å². The minimum atomic E-state index is 0.450. The van der Waals surface area contributed by atoms with Crippen LogP contribution >= 0.6 is 0 Å². The quantitative estimate of drug-likeness (QED) is 0.787. The van der Waals surface area contributed by atoms with Crippen molar-refractivity contribution in [2.75, 3.05) is 13.7 Å². The molecule has 106 valence electrons. The van der Waals surface area contributed by atoms with E-state index in [0.717, 1.165) is 29.9 Å². The normalized spacial score (nSPS) is 10.3. The van der Waals surface area contributed by atoms with Gasteiger partial charge in [0.1, 0.15) is 0 Å². The largest absolute Gasteiger partial charge is 0.493 e. The van der Waals surface area contributed by atoms with Gasteiger partial charge in [-0.05, 0) is 24.5 Å². The van der Waals surface area contributed by atoms with E-state index >= 15 is 0 Å². The van der Waals surface area contributed by atoms with Gasteiger partial charge in [-0.2, -0.15) is 0 Å². The van der Waals surface area contributed by atoms with Crippen molar-refractivity contribution < 1.29 is 9.47 Å². The Morgan fingerprint density at radius 3 is 2.50 bits per heavy atom. The number of para-hydroxylation sites is 1. The molecule has 2 aromatic rings. The summed E-state index contributed by atoms with van der Waals surface area (Å²) in [5.74, 6) is 1.51. The summed E-state index contributed by atoms with van der Waals surface area (Å²) < 4.78 is 11.2. The van der Waals surface area contributed by atoms with Gasteiger partial charge >= 0.3 is 0 Å². The Balaban J connectivity index is 1.90. The third-order valence-corrected chi connectivity index (χ3v) is 3.20. The molecule has 0 unspecified atom stereocenters. The molecule has 0 heterocycles. The van der Waals surface area contributed by atoms with Crippen LogP contribution in [-0.4, -0.2) is 13.7 Å². The van der Waals surface area contributed by atoms with Crippen LogP contribution in [0.4, 0.5) is 0 Å². The van der Waals surface area contributed by atoms with Gasteiger partial charge < -0.3 is 15.2 Å². The molecule has 0 aliphatic carbocycles. The molecule has 0 atom stereocenters. The van der Waals surface area contributed by atoms with E-state index in [9.17, 15) is 0 Å². The lowest BCUT2D eigenvalue weighted by Crippen LogP contribution is -2.06. The first-order chi connectivity index (χ1) is 9.85. The van der Waals surface area contributed by atoms with Crippen molar-refractivity contribution >= 4 is 0 Å². The molecular formula is C17H21NO2. The highest BCUT2D eigenvalue weighted by atomic mass is 16.5. The van der Waals surface area contributed by atoms with Gasteiger partial charge in [-0.1, -0.05) is 42.5 Å². The number of methoxy groups -OCH3 is 1. The highest BCUT2D eigenvalue weighted by molar-refractivity contribution is 5.46. The number of aryl methyl sites for hydroxylation is 1. The second-order valence-electron chi connectivity index (χ2n) is 4.59. The molecule has 0 spiro atoms. The highest BCUT2D eigenvalue weighted by Gasteiger charge is 2.09. The summed E-state index contributed by atoms with van der Waals surface area (Å²) in [5, 5.41) is 0. The fourth-order valence-electron chi connectivity index (χ4n) is 2.14. The van der Waals surface area contributed by atoms with Gasteiger partial charge in [0, 0.05) is 12.1 Å². The first kappa shape index (κ1) is 14.4. The zero-order valence-corrected chi connectivity index (χ0v) is 11.8. The van der Waals surface area contributed by atoms with Gasteiger partial charge in [0.25, 0.3) is 0 Å². The van der Waals surface area contributed by atoms with E-state index in [1.807, 2.05) is 24.3 Å². The topological polar surface area (TPSA) is 44.5 Å². The summed E-state index contributed by atoms with van der Waals surface area (Å²) >= 11 is 0. The van der Waals surface area contributed by atoms with Gasteiger partial charge in [-0.15, -0.1) is 0 Å². The lowest BCUT2D eigenvalue weighted by molar-refractivity contribution is 0.286. The summed E-state index contributed by atoms with van der Waals surface area (Å²) in [6.45, 7) is 1.10. The minimum Gasteiger partial charge on any atom is -0.493 e. The van der Waals surface area contributed by atoms with Crippen LogP contribution in [-0.2, 0) is 13.0 Å². The van der Waals surface area contributed by atoms with E-state index in [0.29, 0.717) is 13.2 Å². The Labute approximate surface area is 120 Å². The number of hydrogen-bond acceptors (Lipinski definition) is 3. The van der Waals surface area contributed by atoms with Crippen molar-refractivity contribution in [1.82, 2.24) is 0 Å². The van der Waals surface area contributed by atoms with E-state index in [4.69, 9.17) is 15.2 Å². The summed E-state index contributed by atoms with van der Waals surface area (Å²) in [5.41, 5.74) is 8.04. The summed E-state index contributed by atoms with van der Waals surface area (Å²) in [7, 11) is 1.65. The summed E-state index contributed by atoms with van der Waals surface area (Å²) in [6, 6.07) is 16.2. The molecule has 0 aromatic heterocycles. The smallest absolute Gasteiger partial charge is 0.165 e. The fourth-order valence-corrected chi connectivity index (χ4v) is 2.14. The van der Waals surface area contributed by atoms with Crippen molar-refractivity contribution in [1.29, 1.82) is 0 Å². The van der Waals surface area contributed by atoms with Crippen LogP contribution < -0.4 is 15.2 Å². The predicted molar refractivity (Wildman–Crippen MR) is 81.1 cm³/mol. The maximum absolute atomic E-state index is 5.87. The van der Waals surface area contributed by atoms with Crippen molar-refractivity contribution in [3.8, 4) is 11.5 Å². The number of ether oxygens (including phenoxy) is 2. The Morgan fingerprint density at radius 1 is 1.00 bits per heavy atom. The monoisotopic (exact) mass is 271 g/mol. The Morgan fingerprint density at radius 2 is 1.80 bits per heavy atom. The van der Waals surface area contributed by atoms with Gasteiger partial charge in [-0.3, -0.25) is 0 Å². The number of hydrogen-bond donors (Lipinski definition) is 1. The first-order valence-electron chi connectivity index (χ1n) is 6.88. The van der Waals surface area contributed by atoms with Crippen LogP contribution in [0.3, 0.4) is 0 Å². The van der Waals surface area contributed by atoms with E-state index in [-0.39, 0.29) is 0 Å². The van der Waals surface area contributed by atoms with Gasteiger partial charge in [0.2, 0.25) is 0 Å². The predicted octanol–water partition coefficient (Wildman–Crippen LogP) is 3.17. The van der Waals surface area contributed by atoms with Crippen molar-refractivity contribution in [2.45, 2.75) is 19.4 Å². The molecule has 20 heavy (non-hydrogen) atoms. The molecule has 0 amide bonds. The molecule has 2 rings (SSSR count). The molecule has 0 radical (unpaired) electrons. The van der Waals surface area contributed by atoms with Crippen LogP contribution in [0.25, 0.3) is 0 Å². The molecule has 3 nitrogen and oxygen atoms in total. The van der Waals surface area contributed by atoms with E-state index in [2.05, 4.69) is 24.3 Å². The van der Waals surface area contributed by atoms with Crippen LogP contribution in [0.1, 0.15) is 17.5 Å². The number of rotatable bonds is 7. The zero-order chi connectivity index (χ0) is 14.2. The lowest BCUT2D eigenvalue weighted by Gasteiger charge is -2.14. The SMILES string of the molecule is COc1cccc(CN)c1OCCCc1ccccc1. The Kier molecular flexibility index (Phi) is 5.44. The lowest BCUT2D eigenvalue weighted by atomic mass is 10.1. The second-order valence-corrected chi connectivity index (χ2v) is 4.59. The Bertz CT molecular complexity index is 504. The summed E-state index contributed by atoms with van der Waals surface area (Å²) in [4.78, 5) is 0. The van der Waals surface area contributed by atoms with Gasteiger partial charge in [-0.25, -0.2) is 0 Å². The van der Waals surface area contributed by atoms with Crippen LogP contribution in [0, 0.1) is 0 Å². The van der Waals surface area contributed by atoms with Gasteiger partial charge in [0.05, 0.1) is 13.7 Å². The number of benzene rings is 2. The fraction of sp³-hybridized carbons (Fsp3) is 0.294. The van der Waals surface area contributed by atoms with E-state index in [1.54, 1.807) is 7.11 Å². The molecule has 0 aliphatic heterocycles. The molecule has 2 aromatic carbocycles. The van der Waals surface area contributed by atoms with E-state index < -0.39 is 0 Å². The molecule has 3 heteroatoms. The maximum Gasteiger partial charge on any atom is 0.165 e.